The highest BCUT2D eigenvalue weighted by atomic mass is 16.5. The van der Waals surface area contributed by atoms with Crippen LogP contribution in [0.15, 0.2) is 0 Å². The summed E-state index contributed by atoms with van der Waals surface area (Å²) >= 11 is 0. The van der Waals surface area contributed by atoms with Crippen LogP contribution in [0.5, 0.6) is 0 Å². The van der Waals surface area contributed by atoms with E-state index < -0.39 is 0 Å². The Morgan fingerprint density at radius 3 is 2.68 bits per heavy atom. The highest BCUT2D eigenvalue weighted by Gasteiger charge is 2.36. The van der Waals surface area contributed by atoms with Crippen molar-refractivity contribution >= 4 is 5.91 Å². The van der Waals surface area contributed by atoms with Gasteiger partial charge in [0.05, 0.1) is 17.9 Å². The van der Waals surface area contributed by atoms with Crippen LogP contribution < -0.4 is 0 Å². The first-order chi connectivity index (χ1) is 12.1. The Labute approximate surface area is 149 Å². The Hall–Kier alpha value is -1.40. The molecule has 2 atom stereocenters. The lowest BCUT2D eigenvalue weighted by Gasteiger charge is -2.40. The number of ether oxygens (including phenoxy) is 2. The Kier molecular flexibility index (Phi) is 4.82. The number of rotatable bonds is 4. The van der Waals surface area contributed by atoms with Gasteiger partial charge >= 0.3 is 0 Å². The number of nitrogens with one attached hydrogen (secondary N) is 1. The molecule has 25 heavy (non-hydrogen) atoms. The molecule has 1 amide bonds. The van der Waals surface area contributed by atoms with Gasteiger partial charge < -0.3 is 14.4 Å². The summed E-state index contributed by atoms with van der Waals surface area (Å²) < 4.78 is 11.3. The Balaban J connectivity index is 1.56. The van der Waals surface area contributed by atoms with E-state index in [1.54, 1.807) is 0 Å². The van der Waals surface area contributed by atoms with E-state index >= 15 is 0 Å². The molecule has 0 bridgehead atoms. The predicted octanol–water partition coefficient (Wildman–Crippen LogP) is 2.85. The van der Waals surface area contributed by atoms with Gasteiger partial charge in [0.25, 0.3) is 5.91 Å². The van der Waals surface area contributed by atoms with E-state index in [1.165, 1.54) is 6.42 Å². The molecule has 0 spiro atoms. The van der Waals surface area contributed by atoms with Crippen LogP contribution in [0.3, 0.4) is 0 Å². The first-order valence-corrected chi connectivity index (χ1v) is 9.74. The maximum Gasteiger partial charge on any atom is 0.274 e. The molecule has 1 saturated carbocycles. The zero-order valence-electron chi connectivity index (χ0n) is 15.3. The van der Waals surface area contributed by atoms with E-state index in [4.69, 9.17) is 9.47 Å². The van der Waals surface area contributed by atoms with Gasteiger partial charge in [0.1, 0.15) is 0 Å². The summed E-state index contributed by atoms with van der Waals surface area (Å²) in [6.07, 6.45) is 6.43. The molecule has 0 unspecified atom stereocenters. The van der Waals surface area contributed by atoms with Gasteiger partial charge in [0.2, 0.25) is 0 Å². The van der Waals surface area contributed by atoms with Gasteiger partial charge in [0, 0.05) is 37.8 Å². The van der Waals surface area contributed by atoms with Crippen LogP contribution in [0.25, 0.3) is 0 Å². The molecule has 1 aromatic heterocycles. The summed E-state index contributed by atoms with van der Waals surface area (Å²) in [6, 6.07) is 0.386. The van der Waals surface area contributed by atoms with Crippen molar-refractivity contribution < 1.29 is 14.3 Å². The van der Waals surface area contributed by atoms with Crippen LogP contribution in [0.1, 0.15) is 73.8 Å². The second kappa shape index (κ2) is 7.08. The van der Waals surface area contributed by atoms with Gasteiger partial charge in [0.15, 0.2) is 5.69 Å². The van der Waals surface area contributed by atoms with Crippen molar-refractivity contribution in [2.75, 3.05) is 19.8 Å². The molecule has 138 valence electrons. The molecular weight excluding hydrogens is 318 g/mol. The van der Waals surface area contributed by atoms with Gasteiger partial charge in [-0.3, -0.25) is 9.89 Å². The third kappa shape index (κ3) is 3.34. The summed E-state index contributed by atoms with van der Waals surface area (Å²) in [7, 11) is 0. The number of carbonyl (C=O) groups excluding carboxylic acids is 1. The molecule has 3 heterocycles. The number of amides is 1. The van der Waals surface area contributed by atoms with Gasteiger partial charge in [-0.05, 0) is 51.9 Å². The minimum Gasteiger partial charge on any atom is -0.381 e. The highest BCUT2D eigenvalue weighted by molar-refractivity contribution is 5.94. The average Bonchev–Trinajstić information content (AvgIpc) is 2.97. The number of aromatic amines is 1. The van der Waals surface area contributed by atoms with Gasteiger partial charge in [-0.25, -0.2) is 0 Å². The number of fused-ring (bicyclic) bond motifs is 1. The van der Waals surface area contributed by atoms with E-state index in [2.05, 4.69) is 22.0 Å². The van der Waals surface area contributed by atoms with Gasteiger partial charge in [-0.1, -0.05) is 0 Å². The number of H-pyrrole nitrogens is 1. The molecular formula is C19H29N3O3. The molecule has 6 nitrogen and oxygen atoms in total. The quantitative estimate of drug-likeness (QED) is 0.909. The second-order valence-electron chi connectivity index (χ2n) is 7.86. The lowest BCUT2D eigenvalue weighted by atomic mass is 9.89. The second-order valence-corrected chi connectivity index (χ2v) is 7.86. The third-order valence-corrected chi connectivity index (χ3v) is 6.01. The number of carbonyl (C=O) groups is 1. The molecule has 1 saturated heterocycles. The molecule has 3 aliphatic rings. The normalized spacial score (nSPS) is 27.6. The van der Waals surface area contributed by atoms with Crippen molar-refractivity contribution in [2.24, 2.45) is 5.92 Å². The fraction of sp³-hybridized carbons (Fsp3) is 0.789. The van der Waals surface area contributed by atoms with Crippen LogP contribution in [0.4, 0.5) is 0 Å². The minimum atomic E-state index is -0.0274. The van der Waals surface area contributed by atoms with Crippen LogP contribution in [0.2, 0.25) is 0 Å². The zero-order chi connectivity index (χ0) is 17.4. The molecule has 6 heteroatoms. The zero-order valence-corrected chi connectivity index (χ0v) is 15.3. The lowest BCUT2D eigenvalue weighted by molar-refractivity contribution is -0.00712. The maximum atomic E-state index is 13.4. The summed E-state index contributed by atoms with van der Waals surface area (Å²) in [5, 5.41) is 7.48. The van der Waals surface area contributed by atoms with Crippen molar-refractivity contribution in [1.29, 1.82) is 0 Å². The van der Waals surface area contributed by atoms with Crippen molar-refractivity contribution in [3.05, 3.63) is 17.0 Å². The molecule has 1 N–H and O–H groups in total. The van der Waals surface area contributed by atoms with Gasteiger partial charge in [-0.2, -0.15) is 5.10 Å². The minimum absolute atomic E-state index is 0.0274. The summed E-state index contributed by atoms with van der Waals surface area (Å²) in [5.41, 5.74) is 2.66. The molecule has 4 rings (SSSR count). The first kappa shape index (κ1) is 17.0. The first-order valence-electron chi connectivity index (χ1n) is 9.74. The summed E-state index contributed by atoms with van der Waals surface area (Å²) in [6.45, 7) is 6.57. The topological polar surface area (TPSA) is 67.5 Å². The maximum absolute atomic E-state index is 13.4. The fourth-order valence-corrected chi connectivity index (χ4v) is 4.29. The van der Waals surface area contributed by atoms with E-state index in [0.29, 0.717) is 17.7 Å². The largest absolute Gasteiger partial charge is 0.381 e. The molecule has 0 radical (unpaired) electrons. The van der Waals surface area contributed by atoms with Gasteiger partial charge in [-0.15, -0.1) is 0 Å². The summed E-state index contributed by atoms with van der Waals surface area (Å²) in [4.78, 5) is 15.5. The van der Waals surface area contributed by atoms with Crippen LogP contribution >= 0.6 is 0 Å². The number of hydrogen-bond donors (Lipinski definition) is 1. The van der Waals surface area contributed by atoms with Crippen molar-refractivity contribution in [3.8, 4) is 0 Å². The average molecular weight is 347 g/mol. The monoisotopic (exact) mass is 347 g/mol. The van der Waals surface area contributed by atoms with Crippen LogP contribution in [-0.4, -0.2) is 52.9 Å². The number of nitrogens with zero attached hydrogens (tertiary/aromatic N) is 2. The molecule has 1 aliphatic carbocycles. The predicted molar refractivity (Wildman–Crippen MR) is 93.5 cm³/mol. The van der Waals surface area contributed by atoms with E-state index in [9.17, 15) is 4.79 Å². The molecule has 1 aromatic rings. The SMILES string of the molecule is C[C@@H]1Cc2c(C(=O)N(CC3CCOCC3)C3CCC3)n[nH]c2[C@H](C)O1. The smallest absolute Gasteiger partial charge is 0.274 e. The van der Waals surface area contributed by atoms with E-state index in [1.807, 2.05) is 6.92 Å². The number of aromatic nitrogens is 2. The van der Waals surface area contributed by atoms with Crippen molar-refractivity contribution in [1.82, 2.24) is 15.1 Å². The van der Waals surface area contributed by atoms with Crippen molar-refractivity contribution in [2.45, 2.75) is 70.6 Å². The third-order valence-electron chi connectivity index (χ3n) is 6.01. The van der Waals surface area contributed by atoms with E-state index in [-0.39, 0.29) is 18.1 Å². The molecule has 0 aromatic carbocycles. The molecule has 2 aliphatic heterocycles. The fourth-order valence-electron chi connectivity index (χ4n) is 4.29. The Morgan fingerprint density at radius 1 is 1.24 bits per heavy atom. The number of hydrogen-bond acceptors (Lipinski definition) is 4. The summed E-state index contributed by atoms with van der Waals surface area (Å²) in [5.74, 6) is 0.657. The standard InChI is InChI=1S/C19H29N3O3/c1-12-10-16-17(13(2)25-12)20-21-18(16)19(23)22(15-4-3-5-15)11-14-6-8-24-9-7-14/h12-15H,3-11H2,1-2H3,(H,20,21)/t12-,13+/m1/s1. The molecule has 2 fully saturated rings. The van der Waals surface area contributed by atoms with Crippen molar-refractivity contribution in [3.63, 3.8) is 0 Å². The van der Waals surface area contributed by atoms with Crippen LogP contribution in [-0.2, 0) is 15.9 Å². The Morgan fingerprint density at radius 2 is 2.00 bits per heavy atom. The highest BCUT2D eigenvalue weighted by Crippen LogP contribution is 2.33. The lowest BCUT2D eigenvalue weighted by Crippen LogP contribution is -2.47. The van der Waals surface area contributed by atoms with E-state index in [0.717, 1.165) is 63.1 Å². The Bertz CT molecular complexity index is 619. The van der Waals surface area contributed by atoms with Crippen LogP contribution in [0, 0.1) is 5.92 Å².